The van der Waals surface area contributed by atoms with E-state index >= 15 is 0 Å². The first-order valence-electron chi connectivity index (χ1n) is 7.20. The van der Waals surface area contributed by atoms with E-state index in [9.17, 15) is 9.59 Å². The van der Waals surface area contributed by atoms with Crippen molar-refractivity contribution in [3.05, 3.63) is 36.7 Å². The lowest BCUT2D eigenvalue weighted by molar-refractivity contribution is -0.136. The van der Waals surface area contributed by atoms with Crippen LogP contribution < -0.4 is 0 Å². The van der Waals surface area contributed by atoms with Crippen LogP contribution in [-0.2, 0) is 4.79 Å². The molecule has 6 nitrogen and oxygen atoms in total. The zero-order valence-electron chi connectivity index (χ0n) is 11.8. The molecule has 2 fully saturated rings. The highest BCUT2D eigenvalue weighted by atomic mass is 16.2. The van der Waals surface area contributed by atoms with Gasteiger partial charge in [-0.05, 0) is 18.9 Å². The topological polar surface area (TPSA) is 66.4 Å². The highest BCUT2D eigenvalue weighted by molar-refractivity contribution is 5.94. The summed E-state index contributed by atoms with van der Waals surface area (Å²) in [5.74, 6) is 0.140. The van der Waals surface area contributed by atoms with Crippen molar-refractivity contribution in [2.75, 3.05) is 13.1 Å². The molecule has 0 radical (unpaired) electrons. The highest BCUT2D eigenvalue weighted by Gasteiger charge is 2.44. The third kappa shape index (κ3) is 2.41. The van der Waals surface area contributed by atoms with Crippen molar-refractivity contribution in [1.29, 1.82) is 0 Å². The lowest BCUT2D eigenvalue weighted by atomic mass is 9.96. The van der Waals surface area contributed by atoms with Crippen molar-refractivity contribution in [3.63, 3.8) is 0 Å². The summed E-state index contributed by atoms with van der Waals surface area (Å²) in [7, 11) is 0. The van der Waals surface area contributed by atoms with Gasteiger partial charge in [0.25, 0.3) is 5.91 Å². The summed E-state index contributed by atoms with van der Waals surface area (Å²) < 4.78 is 0. The first kappa shape index (κ1) is 13.7. The predicted octanol–water partition coefficient (Wildman–Crippen LogP) is 0.868. The van der Waals surface area contributed by atoms with Gasteiger partial charge in [-0.15, -0.1) is 6.58 Å². The van der Waals surface area contributed by atoms with E-state index in [1.165, 1.54) is 12.4 Å². The summed E-state index contributed by atoms with van der Waals surface area (Å²) >= 11 is 0. The molecule has 2 atom stereocenters. The van der Waals surface area contributed by atoms with Gasteiger partial charge in [0.1, 0.15) is 0 Å². The summed E-state index contributed by atoms with van der Waals surface area (Å²) in [4.78, 5) is 28.4. The van der Waals surface area contributed by atoms with E-state index in [1.54, 1.807) is 12.1 Å². The van der Waals surface area contributed by atoms with Crippen molar-refractivity contribution in [1.82, 2.24) is 20.0 Å². The smallest absolute Gasteiger partial charge is 0.255 e. The first-order valence-corrected chi connectivity index (χ1v) is 7.20. The zero-order valence-corrected chi connectivity index (χ0v) is 11.8. The second-order valence-electron chi connectivity index (χ2n) is 5.43. The summed E-state index contributed by atoms with van der Waals surface area (Å²) in [5.41, 5.74) is 0.554. The molecule has 110 valence electrons. The molecule has 2 saturated heterocycles. The fourth-order valence-electron chi connectivity index (χ4n) is 3.36. The van der Waals surface area contributed by atoms with Crippen LogP contribution >= 0.6 is 0 Å². The van der Waals surface area contributed by atoms with E-state index in [0.29, 0.717) is 25.1 Å². The van der Waals surface area contributed by atoms with Gasteiger partial charge >= 0.3 is 0 Å². The molecule has 3 heterocycles. The fourth-order valence-corrected chi connectivity index (χ4v) is 3.36. The second-order valence-corrected chi connectivity index (χ2v) is 5.43. The van der Waals surface area contributed by atoms with Gasteiger partial charge in [-0.25, -0.2) is 0 Å². The Labute approximate surface area is 123 Å². The number of aromatic nitrogens is 2. The zero-order chi connectivity index (χ0) is 14.8. The van der Waals surface area contributed by atoms with E-state index in [0.717, 1.165) is 12.8 Å². The van der Waals surface area contributed by atoms with Gasteiger partial charge in [0.2, 0.25) is 5.91 Å². The number of amides is 2. The Morgan fingerprint density at radius 1 is 1.38 bits per heavy atom. The molecule has 0 unspecified atom stereocenters. The number of fused-ring (bicyclic) bond motifs is 1. The van der Waals surface area contributed by atoms with Crippen LogP contribution in [0.1, 0.15) is 29.6 Å². The van der Waals surface area contributed by atoms with E-state index in [2.05, 4.69) is 16.8 Å². The minimum Gasteiger partial charge on any atom is -0.334 e. The number of rotatable bonds is 3. The Hall–Kier alpha value is -2.24. The molecule has 2 aliphatic heterocycles. The number of carbonyl (C=O) groups excluding carboxylic acids is 2. The molecule has 0 aliphatic carbocycles. The minimum atomic E-state index is -0.0229. The average Bonchev–Trinajstić information content (AvgIpc) is 2.94. The van der Waals surface area contributed by atoms with Crippen LogP contribution in [-0.4, -0.2) is 57.0 Å². The number of hydrogen-bond acceptors (Lipinski definition) is 4. The van der Waals surface area contributed by atoms with Gasteiger partial charge in [-0.3, -0.25) is 9.59 Å². The Morgan fingerprint density at radius 3 is 2.95 bits per heavy atom. The molecule has 0 saturated carbocycles. The van der Waals surface area contributed by atoms with Crippen LogP contribution in [0.2, 0.25) is 0 Å². The summed E-state index contributed by atoms with van der Waals surface area (Å²) in [6, 6.07) is 1.89. The number of carbonyl (C=O) groups is 2. The maximum absolute atomic E-state index is 12.6. The molecule has 2 amide bonds. The van der Waals surface area contributed by atoms with Gasteiger partial charge in [-0.2, -0.15) is 10.2 Å². The largest absolute Gasteiger partial charge is 0.334 e. The van der Waals surface area contributed by atoms with Crippen LogP contribution in [0.15, 0.2) is 31.1 Å². The number of nitrogens with zero attached hydrogens (tertiary/aromatic N) is 4. The fraction of sp³-hybridized carbons (Fsp3) is 0.467. The quantitative estimate of drug-likeness (QED) is 0.773. The molecule has 2 aliphatic rings. The van der Waals surface area contributed by atoms with Gasteiger partial charge in [0.15, 0.2) is 0 Å². The SMILES string of the molecule is C=CCN1C(=O)CC[C@@H]2[C@H]1CCN2C(=O)c1ccnnc1. The maximum Gasteiger partial charge on any atom is 0.255 e. The molecular formula is C15H18N4O2. The van der Waals surface area contributed by atoms with Gasteiger partial charge < -0.3 is 9.80 Å². The third-order valence-electron chi connectivity index (χ3n) is 4.30. The number of hydrogen-bond donors (Lipinski definition) is 0. The van der Waals surface area contributed by atoms with Crippen molar-refractivity contribution in [2.24, 2.45) is 0 Å². The van der Waals surface area contributed by atoms with Crippen LogP contribution in [0.4, 0.5) is 0 Å². The summed E-state index contributed by atoms with van der Waals surface area (Å²) in [6.07, 6.45) is 6.82. The van der Waals surface area contributed by atoms with Crippen molar-refractivity contribution in [3.8, 4) is 0 Å². The molecule has 0 N–H and O–H groups in total. The highest BCUT2D eigenvalue weighted by Crippen LogP contribution is 2.32. The molecule has 1 aromatic rings. The lowest BCUT2D eigenvalue weighted by Gasteiger charge is -2.39. The molecule has 3 rings (SSSR count). The molecule has 1 aromatic heterocycles. The minimum absolute atomic E-state index is 0.0229. The summed E-state index contributed by atoms with van der Waals surface area (Å²) in [5, 5.41) is 7.46. The van der Waals surface area contributed by atoms with Crippen LogP contribution in [0, 0.1) is 0 Å². The van der Waals surface area contributed by atoms with Crippen LogP contribution in [0.25, 0.3) is 0 Å². The summed E-state index contributed by atoms with van der Waals surface area (Å²) in [6.45, 7) is 4.95. The Kier molecular flexibility index (Phi) is 3.68. The predicted molar refractivity (Wildman–Crippen MR) is 76.4 cm³/mol. The monoisotopic (exact) mass is 286 g/mol. The van der Waals surface area contributed by atoms with Gasteiger partial charge in [0, 0.05) is 19.5 Å². The normalized spacial score (nSPS) is 24.9. The van der Waals surface area contributed by atoms with E-state index in [1.807, 2.05) is 9.80 Å². The van der Waals surface area contributed by atoms with Crippen molar-refractivity contribution >= 4 is 11.8 Å². The Morgan fingerprint density at radius 2 is 2.24 bits per heavy atom. The molecule has 0 bridgehead atoms. The average molecular weight is 286 g/mol. The van der Waals surface area contributed by atoms with Gasteiger partial charge in [-0.1, -0.05) is 6.08 Å². The van der Waals surface area contributed by atoms with Crippen molar-refractivity contribution in [2.45, 2.75) is 31.3 Å². The lowest BCUT2D eigenvalue weighted by Crippen LogP contribution is -2.53. The maximum atomic E-state index is 12.6. The van der Waals surface area contributed by atoms with Crippen molar-refractivity contribution < 1.29 is 9.59 Å². The third-order valence-corrected chi connectivity index (χ3v) is 4.30. The van der Waals surface area contributed by atoms with E-state index < -0.39 is 0 Å². The molecular weight excluding hydrogens is 268 g/mol. The van der Waals surface area contributed by atoms with Crippen LogP contribution in [0.3, 0.4) is 0 Å². The second kappa shape index (κ2) is 5.63. The van der Waals surface area contributed by atoms with Gasteiger partial charge in [0.05, 0.1) is 30.0 Å². The number of piperidine rings is 1. The Balaban J connectivity index is 1.80. The Bertz CT molecular complexity index is 560. The molecule has 21 heavy (non-hydrogen) atoms. The first-order chi connectivity index (χ1) is 10.2. The standard InChI is InChI=1S/C15H18N4O2/c1-2-8-18-13-6-9-19(12(13)3-4-14(18)20)15(21)11-5-7-16-17-10-11/h2,5,7,10,12-13H,1,3-4,6,8-9H2/t12-,13-/m1/s1. The molecule has 6 heteroatoms. The van der Waals surface area contributed by atoms with E-state index in [-0.39, 0.29) is 23.9 Å². The molecule has 0 aromatic carbocycles. The van der Waals surface area contributed by atoms with Crippen LogP contribution in [0.5, 0.6) is 0 Å². The molecule has 0 spiro atoms. The number of likely N-dealkylation sites (tertiary alicyclic amines) is 2. The van der Waals surface area contributed by atoms with E-state index in [4.69, 9.17) is 0 Å².